The van der Waals surface area contributed by atoms with Gasteiger partial charge in [-0.05, 0) is 23.3 Å². The van der Waals surface area contributed by atoms with Gasteiger partial charge in [0.05, 0.1) is 12.2 Å². The SMILES string of the molecule is [O-][N@+]1(Cc2ccccn2)CCC[C@@H]1C(O)(c1ccccc1)c1ccccc1. The quantitative estimate of drug-likeness (QED) is 0.553. The maximum atomic E-state index is 13.9. The minimum atomic E-state index is -1.34. The Bertz CT molecular complexity index is 831. The largest absolute Gasteiger partial charge is 0.632 e. The smallest absolute Gasteiger partial charge is 0.167 e. The van der Waals surface area contributed by atoms with E-state index >= 15 is 0 Å². The van der Waals surface area contributed by atoms with Crippen LogP contribution >= 0.6 is 0 Å². The van der Waals surface area contributed by atoms with Crippen LogP contribution in [0.4, 0.5) is 0 Å². The van der Waals surface area contributed by atoms with E-state index in [2.05, 4.69) is 4.98 Å². The highest BCUT2D eigenvalue weighted by atomic mass is 16.6. The maximum absolute atomic E-state index is 13.9. The van der Waals surface area contributed by atoms with Gasteiger partial charge in [0.25, 0.3) is 0 Å². The number of hydrogen-bond acceptors (Lipinski definition) is 3. The first-order valence-electron chi connectivity index (χ1n) is 9.44. The number of rotatable bonds is 5. The van der Waals surface area contributed by atoms with Crippen molar-refractivity contribution >= 4 is 0 Å². The van der Waals surface area contributed by atoms with E-state index in [1.807, 2.05) is 78.9 Å². The molecule has 0 amide bonds. The first kappa shape index (κ1) is 17.9. The van der Waals surface area contributed by atoms with Gasteiger partial charge in [-0.15, -0.1) is 0 Å². The van der Waals surface area contributed by atoms with E-state index in [1.165, 1.54) is 0 Å². The van der Waals surface area contributed by atoms with Gasteiger partial charge in [-0.1, -0.05) is 66.7 Å². The summed E-state index contributed by atoms with van der Waals surface area (Å²) in [5.41, 5.74) is 0.961. The Hall–Kier alpha value is -2.53. The van der Waals surface area contributed by atoms with E-state index in [0.29, 0.717) is 13.0 Å². The van der Waals surface area contributed by atoms with Crippen LogP contribution < -0.4 is 0 Å². The summed E-state index contributed by atoms with van der Waals surface area (Å²) in [6.45, 7) is 0.761. The molecule has 1 aliphatic heterocycles. The van der Waals surface area contributed by atoms with Gasteiger partial charge in [0.15, 0.2) is 5.60 Å². The molecule has 3 aromatic rings. The van der Waals surface area contributed by atoms with E-state index in [1.54, 1.807) is 6.20 Å². The third kappa shape index (κ3) is 3.28. The van der Waals surface area contributed by atoms with E-state index in [-0.39, 0.29) is 6.54 Å². The Kier molecular flexibility index (Phi) is 4.79. The normalized spacial score (nSPS) is 22.7. The van der Waals surface area contributed by atoms with Gasteiger partial charge in [0.1, 0.15) is 12.6 Å². The average Bonchev–Trinajstić information content (AvgIpc) is 3.11. The second-order valence-electron chi connectivity index (χ2n) is 7.31. The number of benzene rings is 2. The molecule has 0 spiro atoms. The summed E-state index contributed by atoms with van der Waals surface area (Å²) in [4.78, 5) is 4.35. The molecule has 4 rings (SSSR count). The molecule has 4 heteroatoms. The first-order valence-corrected chi connectivity index (χ1v) is 9.44. The van der Waals surface area contributed by atoms with Crippen molar-refractivity contribution in [1.29, 1.82) is 0 Å². The van der Waals surface area contributed by atoms with E-state index in [9.17, 15) is 10.3 Å². The Labute approximate surface area is 159 Å². The van der Waals surface area contributed by atoms with E-state index in [0.717, 1.165) is 23.2 Å². The van der Waals surface area contributed by atoms with Crippen molar-refractivity contribution in [3.05, 3.63) is 107 Å². The lowest BCUT2D eigenvalue weighted by molar-refractivity contribution is -0.913. The van der Waals surface area contributed by atoms with Crippen LogP contribution in [0.15, 0.2) is 85.1 Å². The lowest BCUT2D eigenvalue weighted by Gasteiger charge is -2.50. The molecule has 0 bridgehead atoms. The summed E-state index contributed by atoms with van der Waals surface area (Å²) in [7, 11) is 0. The van der Waals surface area contributed by atoms with Crippen molar-refractivity contribution in [1.82, 2.24) is 4.98 Å². The molecule has 138 valence electrons. The predicted molar refractivity (Wildman–Crippen MR) is 105 cm³/mol. The molecule has 2 aromatic carbocycles. The monoisotopic (exact) mass is 360 g/mol. The first-order chi connectivity index (χ1) is 13.1. The Morgan fingerprint density at radius 1 is 0.926 bits per heavy atom. The van der Waals surface area contributed by atoms with Crippen LogP contribution in [0.3, 0.4) is 0 Å². The Morgan fingerprint density at radius 2 is 1.52 bits per heavy atom. The number of aliphatic hydroxyl groups is 1. The van der Waals surface area contributed by atoms with Crippen LogP contribution in [0, 0.1) is 5.21 Å². The molecular weight excluding hydrogens is 336 g/mol. The Morgan fingerprint density at radius 3 is 2.07 bits per heavy atom. The Balaban J connectivity index is 1.80. The number of nitrogens with zero attached hydrogens (tertiary/aromatic N) is 2. The summed E-state index contributed by atoms with van der Waals surface area (Å²) < 4.78 is -0.461. The fourth-order valence-electron chi connectivity index (χ4n) is 4.38. The lowest BCUT2D eigenvalue weighted by atomic mass is 9.79. The van der Waals surface area contributed by atoms with Crippen LogP contribution in [0.1, 0.15) is 29.7 Å². The van der Waals surface area contributed by atoms with Crippen LogP contribution in [-0.4, -0.2) is 27.3 Å². The predicted octanol–water partition coefficient (Wildman–Crippen LogP) is 3.99. The molecule has 1 aromatic heterocycles. The number of hydrogen-bond donors (Lipinski definition) is 1. The maximum Gasteiger partial charge on any atom is 0.167 e. The molecular formula is C23H24N2O2. The molecule has 1 fully saturated rings. The third-order valence-electron chi connectivity index (χ3n) is 5.65. The zero-order valence-corrected chi connectivity index (χ0v) is 15.2. The van der Waals surface area contributed by atoms with Crippen LogP contribution in [-0.2, 0) is 12.1 Å². The number of aromatic nitrogens is 1. The minimum Gasteiger partial charge on any atom is -0.632 e. The second kappa shape index (κ2) is 7.24. The highest BCUT2D eigenvalue weighted by Crippen LogP contribution is 2.44. The molecule has 1 saturated heterocycles. The summed E-state index contributed by atoms with van der Waals surface area (Å²) in [6, 6.07) is 24.3. The highest BCUT2D eigenvalue weighted by Gasteiger charge is 2.51. The molecule has 0 radical (unpaired) electrons. The van der Waals surface area contributed by atoms with Gasteiger partial charge in [-0.2, -0.15) is 0 Å². The zero-order chi connectivity index (χ0) is 18.7. The van der Waals surface area contributed by atoms with Crippen molar-refractivity contribution < 1.29 is 9.75 Å². The fraction of sp³-hybridized carbons (Fsp3) is 0.261. The zero-order valence-electron chi connectivity index (χ0n) is 15.2. The standard InChI is InChI=1S/C23H24N2O2/c26-23(19-10-3-1-4-11-19,20-12-5-2-6-13-20)22-15-9-17-25(22,27)18-21-14-7-8-16-24-21/h1-8,10-14,16,22,26H,9,15,17-18H2/t22-,25+/m1/s1. The van der Waals surface area contributed by atoms with E-state index < -0.39 is 16.3 Å². The molecule has 1 aliphatic rings. The van der Waals surface area contributed by atoms with Gasteiger partial charge < -0.3 is 15.0 Å². The molecule has 2 heterocycles. The molecule has 1 N–H and O–H groups in total. The number of likely N-dealkylation sites (tertiary alicyclic amines) is 1. The van der Waals surface area contributed by atoms with Crippen molar-refractivity contribution in [3.8, 4) is 0 Å². The summed E-state index contributed by atoms with van der Waals surface area (Å²) in [5, 5.41) is 26.0. The molecule has 4 nitrogen and oxygen atoms in total. The molecule has 0 aliphatic carbocycles. The van der Waals surface area contributed by atoms with Crippen molar-refractivity contribution in [2.24, 2.45) is 0 Å². The fourth-order valence-corrected chi connectivity index (χ4v) is 4.38. The molecule has 27 heavy (non-hydrogen) atoms. The number of quaternary nitrogens is 1. The van der Waals surface area contributed by atoms with Crippen LogP contribution in [0.2, 0.25) is 0 Å². The van der Waals surface area contributed by atoms with Crippen molar-refractivity contribution in [2.75, 3.05) is 6.54 Å². The van der Waals surface area contributed by atoms with Crippen LogP contribution in [0.25, 0.3) is 0 Å². The topological polar surface area (TPSA) is 56.2 Å². The summed E-state index contributed by atoms with van der Waals surface area (Å²) in [6.07, 6.45) is 3.19. The van der Waals surface area contributed by atoms with Gasteiger partial charge in [-0.3, -0.25) is 4.98 Å². The highest BCUT2D eigenvalue weighted by molar-refractivity contribution is 5.37. The van der Waals surface area contributed by atoms with Gasteiger partial charge in [0, 0.05) is 19.0 Å². The van der Waals surface area contributed by atoms with Crippen molar-refractivity contribution in [2.45, 2.75) is 31.0 Å². The van der Waals surface area contributed by atoms with Gasteiger partial charge in [-0.25, -0.2) is 0 Å². The van der Waals surface area contributed by atoms with Crippen LogP contribution in [0.5, 0.6) is 0 Å². The molecule has 2 atom stereocenters. The second-order valence-corrected chi connectivity index (χ2v) is 7.31. The number of pyridine rings is 1. The molecule has 0 saturated carbocycles. The molecule has 0 unspecified atom stereocenters. The van der Waals surface area contributed by atoms with E-state index in [4.69, 9.17) is 0 Å². The van der Waals surface area contributed by atoms with Gasteiger partial charge >= 0.3 is 0 Å². The van der Waals surface area contributed by atoms with Gasteiger partial charge in [0.2, 0.25) is 0 Å². The minimum absolute atomic E-state index is 0.271. The lowest BCUT2D eigenvalue weighted by Crippen LogP contribution is -2.56. The summed E-state index contributed by atoms with van der Waals surface area (Å²) >= 11 is 0. The number of hydroxylamine groups is 3. The third-order valence-corrected chi connectivity index (χ3v) is 5.65. The van der Waals surface area contributed by atoms with Crippen molar-refractivity contribution in [3.63, 3.8) is 0 Å². The summed E-state index contributed by atoms with van der Waals surface area (Å²) in [5.74, 6) is 0. The average molecular weight is 360 g/mol.